The molecule has 1 aromatic carbocycles. The fraction of sp³-hybridized carbons (Fsp3) is 0.600. The molecule has 4 heteroatoms. The van der Waals surface area contributed by atoms with Crippen molar-refractivity contribution < 1.29 is 5.11 Å². The Morgan fingerprint density at radius 1 is 1.47 bits per heavy atom. The van der Waals surface area contributed by atoms with E-state index >= 15 is 0 Å². The molecular weight excluding hydrogens is 304 g/mol. The standard InChI is InChI=1S/C15H23BrN2O/c1-11(2)18-7-6-12(10-18)8-17-9-13-4-3-5-14(16)15(13)19/h3-5,11-12,17,19H,6-10H2,1-2H3. The van der Waals surface area contributed by atoms with Crippen molar-refractivity contribution in [3.05, 3.63) is 28.2 Å². The molecule has 0 bridgehead atoms. The van der Waals surface area contributed by atoms with E-state index in [2.05, 4.69) is 40.0 Å². The topological polar surface area (TPSA) is 35.5 Å². The summed E-state index contributed by atoms with van der Waals surface area (Å²) in [6.07, 6.45) is 1.27. The lowest BCUT2D eigenvalue weighted by atomic mass is 10.1. The van der Waals surface area contributed by atoms with Gasteiger partial charge in [0.1, 0.15) is 5.75 Å². The zero-order valence-electron chi connectivity index (χ0n) is 11.7. The van der Waals surface area contributed by atoms with Crippen LogP contribution in [0.3, 0.4) is 0 Å². The van der Waals surface area contributed by atoms with Gasteiger partial charge < -0.3 is 15.3 Å². The van der Waals surface area contributed by atoms with Crippen molar-refractivity contribution in [2.75, 3.05) is 19.6 Å². The van der Waals surface area contributed by atoms with Gasteiger partial charge in [-0.1, -0.05) is 12.1 Å². The molecule has 2 N–H and O–H groups in total. The minimum atomic E-state index is 0.352. The van der Waals surface area contributed by atoms with E-state index < -0.39 is 0 Å². The lowest BCUT2D eigenvalue weighted by Gasteiger charge is -2.20. The maximum absolute atomic E-state index is 9.91. The van der Waals surface area contributed by atoms with Gasteiger partial charge in [0, 0.05) is 24.7 Å². The smallest absolute Gasteiger partial charge is 0.134 e. The maximum Gasteiger partial charge on any atom is 0.134 e. The summed E-state index contributed by atoms with van der Waals surface area (Å²) < 4.78 is 0.763. The van der Waals surface area contributed by atoms with E-state index in [1.54, 1.807) is 0 Å². The number of para-hydroxylation sites is 1. The lowest BCUT2D eigenvalue weighted by molar-refractivity contribution is 0.264. The fourth-order valence-corrected chi connectivity index (χ4v) is 3.02. The molecule has 0 saturated carbocycles. The Bertz CT molecular complexity index is 423. The molecular formula is C15H23BrN2O. The summed E-state index contributed by atoms with van der Waals surface area (Å²) in [5.41, 5.74) is 0.952. The SMILES string of the molecule is CC(C)N1CCC(CNCc2cccc(Br)c2O)C1. The first-order valence-corrected chi connectivity index (χ1v) is 7.78. The molecule has 1 heterocycles. The van der Waals surface area contributed by atoms with Crippen molar-refractivity contribution >= 4 is 15.9 Å². The van der Waals surface area contributed by atoms with Crippen LogP contribution in [0.15, 0.2) is 22.7 Å². The van der Waals surface area contributed by atoms with Gasteiger partial charge in [0.05, 0.1) is 4.47 Å². The summed E-state index contributed by atoms with van der Waals surface area (Å²) in [6, 6.07) is 6.43. The number of halogens is 1. The zero-order chi connectivity index (χ0) is 13.8. The van der Waals surface area contributed by atoms with Gasteiger partial charge in [-0.2, -0.15) is 0 Å². The third-order valence-corrected chi connectivity index (χ3v) is 4.51. The van der Waals surface area contributed by atoms with Gasteiger partial charge in [0.2, 0.25) is 0 Å². The van der Waals surface area contributed by atoms with Gasteiger partial charge in [-0.05, 0) is 61.3 Å². The highest BCUT2D eigenvalue weighted by molar-refractivity contribution is 9.10. The average Bonchev–Trinajstić information content (AvgIpc) is 2.83. The van der Waals surface area contributed by atoms with Crippen LogP contribution in [0.4, 0.5) is 0 Å². The highest BCUT2D eigenvalue weighted by atomic mass is 79.9. The lowest BCUT2D eigenvalue weighted by Crippen LogP contribution is -2.30. The van der Waals surface area contributed by atoms with Crippen LogP contribution in [0.2, 0.25) is 0 Å². The number of phenolic OH excluding ortho intramolecular Hbond substituents is 1. The van der Waals surface area contributed by atoms with Crippen LogP contribution in [-0.4, -0.2) is 35.7 Å². The summed E-state index contributed by atoms with van der Waals surface area (Å²) in [5.74, 6) is 1.09. The fourth-order valence-electron chi connectivity index (χ4n) is 2.61. The van der Waals surface area contributed by atoms with Crippen LogP contribution >= 0.6 is 15.9 Å². The largest absolute Gasteiger partial charge is 0.506 e. The maximum atomic E-state index is 9.91. The average molecular weight is 327 g/mol. The Morgan fingerprint density at radius 2 is 2.26 bits per heavy atom. The van der Waals surface area contributed by atoms with Crippen molar-refractivity contribution in [2.24, 2.45) is 5.92 Å². The van der Waals surface area contributed by atoms with E-state index in [0.29, 0.717) is 11.8 Å². The second kappa shape index (κ2) is 6.73. The van der Waals surface area contributed by atoms with Crippen LogP contribution in [0.25, 0.3) is 0 Å². The monoisotopic (exact) mass is 326 g/mol. The van der Waals surface area contributed by atoms with Crippen molar-refractivity contribution in [1.29, 1.82) is 0 Å². The molecule has 0 radical (unpaired) electrons. The van der Waals surface area contributed by atoms with Crippen LogP contribution in [0.1, 0.15) is 25.8 Å². The molecule has 0 aliphatic carbocycles. The second-order valence-corrected chi connectivity index (χ2v) is 6.48. The molecule has 1 atom stereocenters. The Kier molecular flexibility index (Phi) is 5.25. The molecule has 1 aliphatic heterocycles. The number of aromatic hydroxyl groups is 1. The van der Waals surface area contributed by atoms with E-state index in [0.717, 1.165) is 29.0 Å². The van der Waals surface area contributed by atoms with Gasteiger partial charge in [-0.3, -0.25) is 0 Å². The molecule has 1 saturated heterocycles. The van der Waals surface area contributed by atoms with Crippen LogP contribution < -0.4 is 5.32 Å². The summed E-state index contributed by atoms with van der Waals surface area (Å²) in [4.78, 5) is 2.53. The highest BCUT2D eigenvalue weighted by Gasteiger charge is 2.23. The van der Waals surface area contributed by atoms with Crippen LogP contribution in [0.5, 0.6) is 5.75 Å². The zero-order valence-corrected chi connectivity index (χ0v) is 13.3. The molecule has 2 rings (SSSR count). The first-order chi connectivity index (χ1) is 9.08. The molecule has 0 amide bonds. The molecule has 1 aromatic rings. The number of nitrogens with zero attached hydrogens (tertiary/aromatic N) is 1. The molecule has 1 aliphatic rings. The number of hydrogen-bond donors (Lipinski definition) is 2. The van der Waals surface area contributed by atoms with E-state index in [1.165, 1.54) is 19.5 Å². The molecule has 0 aromatic heterocycles. The van der Waals surface area contributed by atoms with Crippen molar-refractivity contribution in [1.82, 2.24) is 10.2 Å². The second-order valence-electron chi connectivity index (χ2n) is 5.62. The number of nitrogens with one attached hydrogen (secondary N) is 1. The molecule has 3 nitrogen and oxygen atoms in total. The Hall–Kier alpha value is -0.580. The predicted molar refractivity (Wildman–Crippen MR) is 82.3 cm³/mol. The molecule has 19 heavy (non-hydrogen) atoms. The van der Waals surface area contributed by atoms with E-state index in [1.807, 2.05) is 18.2 Å². The van der Waals surface area contributed by atoms with Crippen LogP contribution in [0, 0.1) is 5.92 Å². The quantitative estimate of drug-likeness (QED) is 0.873. The molecule has 1 fully saturated rings. The summed E-state index contributed by atoms with van der Waals surface area (Å²) in [5, 5.41) is 13.4. The Balaban J connectivity index is 1.77. The minimum Gasteiger partial charge on any atom is -0.506 e. The third kappa shape index (κ3) is 3.94. The third-order valence-electron chi connectivity index (χ3n) is 3.87. The number of hydrogen-bond acceptors (Lipinski definition) is 3. The Labute approximate surface area is 124 Å². The van der Waals surface area contributed by atoms with E-state index in [4.69, 9.17) is 0 Å². The molecule has 1 unspecified atom stereocenters. The summed E-state index contributed by atoms with van der Waals surface area (Å²) >= 11 is 3.34. The van der Waals surface area contributed by atoms with Gasteiger partial charge in [-0.15, -0.1) is 0 Å². The van der Waals surface area contributed by atoms with Gasteiger partial charge in [0.25, 0.3) is 0 Å². The number of phenols is 1. The molecule has 106 valence electrons. The normalized spacial score (nSPS) is 20.3. The van der Waals surface area contributed by atoms with Crippen molar-refractivity contribution in [3.63, 3.8) is 0 Å². The van der Waals surface area contributed by atoms with Gasteiger partial charge in [0.15, 0.2) is 0 Å². The molecule has 0 spiro atoms. The number of likely N-dealkylation sites (tertiary alicyclic amines) is 1. The minimum absolute atomic E-state index is 0.352. The van der Waals surface area contributed by atoms with Crippen molar-refractivity contribution in [3.8, 4) is 5.75 Å². The summed E-state index contributed by atoms with van der Waals surface area (Å²) in [6.45, 7) is 8.67. The first-order valence-electron chi connectivity index (χ1n) is 6.99. The first kappa shape index (κ1) is 14.8. The van der Waals surface area contributed by atoms with Crippen LogP contribution in [-0.2, 0) is 6.54 Å². The van der Waals surface area contributed by atoms with E-state index in [9.17, 15) is 5.11 Å². The van der Waals surface area contributed by atoms with Gasteiger partial charge >= 0.3 is 0 Å². The number of benzene rings is 1. The highest BCUT2D eigenvalue weighted by Crippen LogP contribution is 2.27. The number of rotatable bonds is 5. The Morgan fingerprint density at radius 3 is 2.95 bits per heavy atom. The van der Waals surface area contributed by atoms with Crippen molar-refractivity contribution in [2.45, 2.75) is 32.9 Å². The van der Waals surface area contributed by atoms with E-state index in [-0.39, 0.29) is 0 Å². The summed E-state index contributed by atoms with van der Waals surface area (Å²) in [7, 11) is 0. The van der Waals surface area contributed by atoms with Gasteiger partial charge in [-0.25, -0.2) is 0 Å². The predicted octanol–water partition coefficient (Wildman–Crippen LogP) is 2.97.